The molecule has 0 radical (unpaired) electrons. The van der Waals surface area contributed by atoms with Crippen molar-refractivity contribution in [1.29, 1.82) is 0 Å². The van der Waals surface area contributed by atoms with E-state index in [1.165, 1.54) is 30.1 Å². The average molecular weight is 436 g/mol. The number of rotatable bonds is 3. The smallest absolute Gasteiger partial charge is 0.357 e. The Morgan fingerprint density at radius 2 is 1.97 bits per heavy atom. The molecule has 0 aliphatic carbocycles. The SMILES string of the molecule is CC(O)(C#Cc1ccc2c(C(=O)O)nn(-c3cc(Cl)nc(N)n3)c2c1)c1ncccn1. The van der Waals surface area contributed by atoms with Gasteiger partial charge in [0.1, 0.15) is 5.15 Å². The molecule has 0 amide bonds. The van der Waals surface area contributed by atoms with Crippen molar-refractivity contribution in [2.75, 3.05) is 5.73 Å². The van der Waals surface area contributed by atoms with E-state index < -0.39 is 11.6 Å². The topological polar surface area (TPSA) is 153 Å². The Labute approximate surface area is 180 Å². The third-order valence-corrected chi connectivity index (χ3v) is 4.44. The summed E-state index contributed by atoms with van der Waals surface area (Å²) in [6.45, 7) is 1.48. The van der Waals surface area contributed by atoms with E-state index in [0.29, 0.717) is 16.5 Å². The maximum absolute atomic E-state index is 11.7. The van der Waals surface area contributed by atoms with E-state index in [-0.39, 0.29) is 28.4 Å². The maximum atomic E-state index is 11.7. The Kier molecular flexibility index (Phi) is 4.98. The lowest BCUT2D eigenvalue weighted by molar-refractivity contribution is 0.0692. The van der Waals surface area contributed by atoms with Crippen LogP contribution in [0.1, 0.15) is 28.8 Å². The fourth-order valence-electron chi connectivity index (χ4n) is 2.86. The predicted octanol–water partition coefficient (Wildman–Crippen LogP) is 1.80. The van der Waals surface area contributed by atoms with Crippen molar-refractivity contribution in [2.45, 2.75) is 12.5 Å². The van der Waals surface area contributed by atoms with Crippen LogP contribution >= 0.6 is 11.6 Å². The Morgan fingerprint density at radius 1 is 1.23 bits per heavy atom. The number of nitrogens with two attached hydrogens (primary N) is 1. The number of carbonyl (C=O) groups is 1. The van der Waals surface area contributed by atoms with Gasteiger partial charge in [0, 0.05) is 29.4 Å². The Bertz CT molecular complexity index is 1350. The summed E-state index contributed by atoms with van der Waals surface area (Å²) in [4.78, 5) is 27.6. The van der Waals surface area contributed by atoms with Crippen LogP contribution < -0.4 is 5.73 Å². The van der Waals surface area contributed by atoms with Gasteiger partial charge >= 0.3 is 5.97 Å². The molecule has 154 valence electrons. The van der Waals surface area contributed by atoms with E-state index in [4.69, 9.17) is 17.3 Å². The molecule has 3 aromatic heterocycles. The second kappa shape index (κ2) is 7.64. The van der Waals surface area contributed by atoms with Gasteiger partial charge in [0.05, 0.1) is 5.52 Å². The fourth-order valence-corrected chi connectivity index (χ4v) is 3.04. The second-order valence-corrected chi connectivity index (χ2v) is 6.99. The van der Waals surface area contributed by atoms with Gasteiger partial charge < -0.3 is 15.9 Å². The zero-order valence-corrected chi connectivity index (χ0v) is 16.7. The molecule has 1 unspecified atom stereocenters. The molecule has 4 rings (SSSR count). The van der Waals surface area contributed by atoms with Crippen LogP contribution in [0.15, 0.2) is 42.7 Å². The molecular weight excluding hydrogens is 422 g/mol. The van der Waals surface area contributed by atoms with Crippen molar-refractivity contribution < 1.29 is 15.0 Å². The van der Waals surface area contributed by atoms with Crippen LogP contribution in [-0.4, -0.2) is 45.9 Å². The van der Waals surface area contributed by atoms with Crippen molar-refractivity contribution >= 4 is 34.4 Å². The Morgan fingerprint density at radius 3 is 2.65 bits per heavy atom. The summed E-state index contributed by atoms with van der Waals surface area (Å²) in [6, 6.07) is 7.86. The van der Waals surface area contributed by atoms with Crippen molar-refractivity contribution in [3.05, 3.63) is 65.0 Å². The molecule has 0 bridgehead atoms. The van der Waals surface area contributed by atoms with E-state index in [1.54, 1.807) is 24.3 Å². The standard InChI is InChI=1S/C20H14ClN7O3/c1-20(31,18-23-7-2-8-24-18)6-5-11-3-4-12-13(9-11)28(27-16(12)17(29)30)15-10-14(21)25-19(22)26-15/h2-4,7-10,31H,1H3,(H,29,30)(H2,22,25,26). The molecule has 0 spiro atoms. The number of carboxylic acids is 1. The highest BCUT2D eigenvalue weighted by atomic mass is 35.5. The number of hydrogen-bond donors (Lipinski definition) is 3. The number of aliphatic hydroxyl groups is 1. The molecule has 4 N–H and O–H groups in total. The summed E-state index contributed by atoms with van der Waals surface area (Å²) in [7, 11) is 0. The number of nitrogen functional groups attached to an aromatic ring is 1. The molecule has 10 nitrogen and oxygen atoms in total. The molecule has 1 atom stereocenters. The number of fused-ring (bicyclic) bond motifs is 1. The molecule has 0 saturated carbocycles. The lowest BCUT2D eigenvalue weighted by Gasteiger charge is -2.13. The van der Waals surface area contributed by atoms with Crippen molar-refractivity contribution in [3.63, 3.8) is 0 Å². The third-order valence-electron chi connectivity index (χ3n) is 4.25. The molecular formula is C20H14ClN7O3. The monoisotopic (exact) mass is 435 g/mol. The molecule has 0 aliphatic heterocycles. The summed E-state index contributed by atoms with van der Waals surface area (Å²) in [6.07, 6.45) is 3.02. The molecule has 4 aromatic rings. The van der Waals surface area contributed by atoms with E-state index in [1.807, 2.05) is 0 Å². The number of hydrogen-bond acceptors (Lipinski definition) is 8. The van der Waals surface area contributed by atoms with E-state index in [9.17, 15) is 15.0 Å². The number of anilines is 1. The van der Waals surface area contributed by atoms with Gasteiger partial charge in [-0.3, -0.25) is 0 Å². The molecule has 0 fully saturated rings. The molecule has 0 saturated heterocycles. The molecule has 3 heterocycles. The zero-order chi connectivity index (χ0) is 22.2. The second-order valence-electron chi connectivity index (χ2n) is 6.60. The Balaban J connectivity index is 1.85. The van der Waals surface area contributed by atoms with Crippen LogP contribution in [0, 0.1) is 11.8 Å². The van der Waals surface area contributed by atoms with Gasteiger partial charge in [-0.25, -0.2) is 24.4 Å². The minimum Gasteiger partial charge on any atom is -0.476 e. The summed E-state index contributed by atoms with van der Waals surface area (Å²) in [5.74, 6) is 4.66. The van der Waals surface area contributed by atoms with Crippen molar-refractivity contribution in [1.82, 2.24) is 29.7 Å². The van der Waals surface area contributed by atoms with Gasteiger partial charge in [0.15, 0.2) is 22.9 Å². The number of nitrogens with zero attached hydrogens (tertiary/aromatic N) is 6. The molecule has 0 aliphatic rings. The van der Waals surface area contributed by atoms with Gasteiger partial charge in [0.25, 0.3) is 0 Å². The lowest BCUT2D eigenvalue weighted by atomic mass is 10.1. The summed E-state index contributed by atoms with van der Waals surface area (Å²) < 4.78 is 1.30. The minimum absolute atomic E-state index is 0.0814. The van der Waals surface area contributed by atoms with Crippen LogP contribution in [0.5, 0.6) is 0 Å². The number of carboxylic acid groups (broad SMARTS) is 1. The highest BCUT2D eigenvalue weighted by molar-refractivity contribution is 6.29. The first-order valence-electron chi connectivity index (χ1n) is 8.84. The van der Waals surface area contributed by atoms with E-state index in [0.717, 1.165) is 0 Å². The van der Waals surface area contributed by atoms with Crippen LogP contribution in [-0.2, 0) is 5.60 Å². The normalized spacial score (nSPS) is 12.7. The zero-order valence-electron chi connectivity index (χ0n) is 16.0. The van der Waals surface area contributed by atoms with Gasteiger partial charge in [-0.05, 0) is 31.2 Å². The quantitative estimate of drug-likeness (QED) is 0.323. The number of halogens is 1. The fraction of sp³-hybridized carbons (Fsp3) is 0.100. The van der Waals surface area contributed by atoms with Gasteiger partial charge in [-0.1, -0.05) is 23.4 Å². The van der Waals surface area contributed by atoms with Crippen LogP contribution in [0.2, 0.25) is 5.15 Å². The number of benzene rings is 1. The van der Waals surface area contributed by atoms with Crippen LogP contribution in [0.3, 0.4) is 0 Å². The van der Waals surface area contributed by atoms with Crippen molar-refractivity contribution in [2.24, 2.45) is 0 Å². The van der Waals surface area contributed by atoms with E-state index >= 15 is 0 Å². The summed E-state index contributed by atoms with van der Waals surface area (Å²) in [5, 5.41) is 24.7. The van der Waals surface area contributed by atoms with Gasteiger partial charge in [-0.15, -0.1) is 0 Å². The first-order valence-corrected chi connectivity index (χ1v) is 9.22. The summed E-state index contributed by atoms with van der Waals surface area (Å²) >= 11 is 5.96. The van der Waals surface area contributed by atoms with Crippen LogP contribution in [0.25, 0.3) is 16.7 Å². The average Bonchev–Trinajstić information content (AvgIpc) is 3.11. The lowest BCUT2D eigenvalue weighted by Crippen LogP contribution is -2.21. The van der Waals surface area contributed by atoms with E-state index in [2.05, 4.69) is 36.9 Å². The Hall–Kier alpha value is -4.07. The summed E-state index contributed by atoms with van der Waals surface area (Å²) in [5.41, 5.74) is 4.81. The molecule has 31 heavy (non-hydrogen) atoms. The van der Waals surface area contributed by atoms with Crippen LogP contribution in [0.4, 0.5) is 5.95 Å². The minimum atomic E-state index is -1.59. The number of aromatic nitrogens is 6. The third kappa shape index (κ3) is 4.00. The van der Waals surface area contributed by atoms with Crippen molar-refractivity contribution in [3.8, 4) is 17.7 Å². The largest absolute Gasteiger partial charge is 0.476 e. The number of aromatic carboxylic acids is 1. The maximum Gasteiger partial charge on any atom is 0.357 e. The van der Waals surface area contributed by atoms with Gasteiger partial charge in [0.2, 0.25) is 5.95 Å². The van der Waals surface area contributed by atoms with Gasteiger partial charge in [-0.2, -0.15) is 10.1 Å². The predicted molar refractivity (Wildman–Crippen MR) is 112 cm³/mol. The first kappa shape index (κ1) is 20.2. The first-order chi connectivity index (χ1) is 14.7. The molecule has 11 heteroatoms. The molecule has 1 aromatic carbocycles. The highest BCUT2D eigenvalue weighted by Gasteiger charge is 2.23. The highest BCUT2D eigenvalue weighted by Crippen LogP contribution is 2.24.